The number of aromatic nitrogens is 2. The summed E-state index contributed by atoms with van der Waals surface area (Å²) in [6.45, 7) is 3.25. The van der Waals surface area contributed by atoms with E-state index in [4.69, 9.17) is 14.5 Å². The first kappa shape index (κ1) is 19.5. The normalized spacial score (nSPS) is 15.8. The maximum atomic E-state index is 12.9. The van der Waals surface area contributed by atoms with Crippen LogP contribution in [0.3, 0.4) is 0 Å². The Morgan fingerprint density at radius 3 is 2.76 bits per heavy atom. The molecular formula is C23H27N3O3. The highest BCUT2D eigenvalue weighted by molar-refractivity contribution is 6.01. The Bertz CT molecular complexity index is 1040. The van der Waals surface area contributed by atoms with E-state index in [-0.39, 0.29) is 12.0 Å². The summed E-state index contributed by atoms with van der Waals surface area (Å²) in [6, 6.07) is 12.2. The second kappa shape index (κ2) is 7.87. The lowest BCUT2D eigenvalue weighted by atomic mass is 9.93. The number of benzene rings is 2. The molecule has 0 spiro atoms. The van der Waals surface area contributed by atoms with Gasteiger partial charge >= 0.3 is 0 Å². The number of ether oxygens (including phenoxy) is 2. The monoisotopic (exact) mass is 393 g/mol. The lowest BCUT2D eigenvalue weighted by Gasteiger charge is -2.29. The van der Waals surface area contributed by atoms with Crippen LogP contribution in [0.15, 0.2) is 36.4 Å². The van der Waals surface area contributed by atoms with Gasteiger partial charge in [-0.2, -0.15) is 0 Å². The quantitative estimate of drug-likeness (QED) is 0.662. The summed E-state index contributed by atoms with van der Waals surface area (Å²) in [5, 5.41) is 0. The third-order valence-electron chi connectivity index (χ3n) is 5.52. The van der Waals surface area contributed by atoms with Crippen molar-refractivity contribution < 1.29 is 14.3 Å². The third-order valence-corrected chi connectivity index (χ3v) is 5.52. The lowest BCUT2D eigenvalue weighted by Crippen LogP contribution is -2.25. The smallest absolute Gasteiger partial charge is 0.253 e. The van der Waals surface area contributed by atoms with Crippen molar-refractivity contribution in [3.05, 3.63) is 58.9 Å². The Morgan fingerprint density at radius 1 is 1.31 bits per heavy atom. The highest BCUT2D eigenvalue weighted by Gasteiger charge is 2.30. The van der Waals surface area contributed by atoms with Crippen LogP contribution in [-0.4, -0.2) is 48.2 Å². The zero-order valence-electron chi connectivity index (χ0n) is 17.4. The molecule has 2 aromatic carbocycles. The molecule has 0 aliphatic carbocycles. The number of carbonyl (C=O) groups excluding carboxylic acids is 1. The van der Waals surface area contributed by atoms with E-state index in [9.17, 15) is 4.79 Å². The van der Waals surface area contributed by atoms with Crippen LogP contribution in [0.5, 0.6) is 5.75 Å². The van der Waals surface area contributed by atoms with E-state index >= 15 is 0 Å². The number of carbonyl (C=O) groups is 1. The Labute approximate surface area is 171 Å². The molecule has 6 heteroatoms. The molecule has 0 saturated heterocycles. The van der Waals surface area contributed by atoms with Gasteiger partial charge in [-0.05, 0) is 31.4 Å². The molecule has 4 rings (SSSR count). The number of nitrogens with zero attached hydrogens (tertiary/aromatic N) is 3. The standard InChI is InChI=1S/C23H27N3O3/c1-15-24-19-14-18(23(27)25(2)3)17-10-11-20(16-8-6-5-7-9-16)29-22(17)21(19)26(15)12-13-28-4/h5-9,14,20H,10-13H2,1-4H3. The molecule has 1 aliphatic rings. The molecule has 0 saturated carbocycles. The zero-order valence-corrected chi connectivity index (χ0v) is 17.4. The Balaban J connectivity index is 1.90. The van der Waals surface area contributed by atoms with Crippen molar-refractivity contribution in [3.63, 3.8) is 0 Å². The maximum absolute atomic E-state index is 12.9. The molecule has 1 amide bonds. The van der Waals surface area contributed by atoms with E-state index in [1.54, 1.807) is 26.1 Å². The van der Waals surface area contributed by atoms with E-state index in [2.05, 4.69) is 16.7 Å². The topological polar surface area (TPSA) is 56.6 Å². The van der Waals surface area contributed by atoms with E-state index < -0.39 is 0 Å². The van der Waals surface area contributed by atoms with Crippen molar-refractivity contribution >= 4 is 16.9 Å². The molecule has 1 atom stereocenters. The highest BCUT2D eigenvalue weighted by atomic mass is 16.5. The van der Waals surface area contributed by atoms with E-state index in [1.165, 1.54) is 0 Å². The molecule has 0 fully saturated rings. The number of fused-ring (bicyclic) bond motifs is 3. The molecule has 29 heavy (non-hydrogen) atoms. The largest absolute Gasteiger partial charge is 0.483 e. The minimum atomic E-state index is -0.0392. The van der Waals surface area contributed by atoms with Gasteiger partial charge in [0, 0.05) is 38.9 Å². The summed E-state index contributed by atoms with van der Waals surface area (Å²) >= 11 is 0. The van der Waals surface area contributed by atoms with Crippen LogP contribution in [-0.2, 0) is 17.7 Å². The van der Waals surface area contributed by atoms with E-state index in [0.29, 0.717) is 18.7 Å². The second-order valence-corrected chi connectivity index (χ2v) is 7.66. The van der Waals surface area contributed by atoms with Gasteiger partial charge in [-0.15, -0.1) is 0 Å². The first-order valence-electron chi connectivity index (χ1n) is 9.96. The van der Waals surface area contributed by atoms with Gasteiger partial charge < -0.3 is 18.9 Å². The van der Waals surface area contributed by atoms with E-state index in [0.717, 1.165) is 46.6 Å². The van der Waals surface area contributed by atoms with E-state index in [1.807, 2.05) is 31.2 Å². The molecule has 3 aromatic rings. The molecule has 1 unspecified atom stereocenters. The molecule has 152 valence electrons. The van der Waals surface area contributed by atoms with Crippen molar-refractivity contribution in [1.82, 2.24) is 14.5 Å². The number of hydrogen-bond donors (Lipinski definition) is 0. The number of aryl methyl sites for hydroxylation is 1. The number of rotatable bonds is 5. The van der Waals surface area contributed by atoms with Crippen LogP contribution in [0.4, 0.5) is 0 Å². The fourth-order valence-electron chi connectivity index (χ4n) is 4.06. The summed E-state index contributed by atoms with van der Waals surface area (Å²) in [6.07, 6.45) is 1.58. The van der Waals surface area contributed by atoms with Crippen molar-refractivity contribution in [3.8, 4) is 5.75 Å². The molecule has 6 nitrogen and oxygen atoms in total. The van der Waals surface area contributed by atoms with Gasteiger partial charge in [0.1, 0.15) is 23.2 Å². The predicted molar refractivity (Wildman–Crippen MR) is 112 cm³/mol. The summed E-state index contributed by atoms with van der Waals surface area (Å²) in [5.74, 6) is 1.65. The van der Waals surface area contributed by atoms with Crippen molar-refractivity contribution in [2.24, 2.45) is 0 Å². The molecule has 0 radical (unpaired) electrons. The maximum Gasteiger partial charge on any atom is 0.253 e. The predicted octanol–water partition coefficient (Wildman–Crippen LogP) is 3.76. The Kier molecular flexibility index (Phi) is 5.28. The second-order valence-electron chi connectivity index (χ2n) is 7.66. The number of imidazole rings is 1. The van der Waals surface area contributed by atoms with Crippen molar-refractivity contribution in [2.45, 2.75) is 32.4 Å². The van der Waals surface area contributed by atoms with Gasteiger partial charge in [-0.3, -0.25) is 4.79 Å². The lowest BCUT2D eigenvalue weighted by molar-refractivity contribution is 0.0823. The van der Waals surface area contributed by atoms with Crippen molar-refractivity contribution in [2.75, 3.05) is 27.8 Å². The fourth-order valence-corrected chi connectivity index (χ4v) is 4.06. The van der Waals surface area contributed by atoms with Gasteiger partial charge in [0.25, 0.3) is 5.91 Å². The van der Waals surface area contributed by atoms with Gasteiger partial charge in [0.2, 0.25) is 0 Å². The Morgan fingerprint density at radius 2 is 2.07 bits per heavy atom. The first-order valence-corrected chi connectivity index (χ1v) is 9.96. The van der Waals surface area contributed by atoms with Crippen LogP contribution >= 0.6 is 0 Å². The molecule has 1 aliphatic heterocycles. The number of methoxy groups -OCH3 is 1. The average Bonchev–Trinajstić information content (AvgIpc) is 3.06. The van der Waals surface area contributed by atoms with Gasteiger partial charge in [0.05, 0.1) is 12.1 Å². The zero-order chi connectivity index (χ0) is 20.5. The SMILES string of the molecule is COCCn1c(C)nc2cc(C(=O)N(C)C)c3c(c21)OC(c1ccccc1)CC3. The first-order chi connectivity index (χ1) is 14.0. The van der Waals surface area contributed by atoms with Gasteiger partial charge in [-0.25, -0.2) is 4.98 Å². The molecule has 1 aromatic heterocycles. The minimum absolute atomic E-state index is 0.0194. The average molecular weight is 393 g/mol. The van der Waals surface area contributed by atoms with Crippen LogP contribution in [0.25, 0.3) is 11.0 Å². The summed E-state index contributed by atoms with van der Waals surface area (Å²) in [7, 11) is 5.25. The molecule has 2 heterocycles. The minimum Gasteiger partial charge on any atom is -0.483 e. The highest BCUT2D eigenvalue weighted by Crippen LogP contribution is 2.42. The number of amides is 1. The third kappa shape index (κ3) is 3.49. The van der Waals surface area contributed by atoms with Crippen LogP contribution < -0.4 is 4.74 Å². The number of hydrogen-bond acceptors (Lipinski definition) is 4. The van der Waals surface area contributed by atoms with Crippen molar-refractivity contribution in [1.29, 1.82) is 0 Å². The molecule has 0 bridgehead atoms. The van der Waals surface area contributed by atoms with Crippen LogP contribution in [0.2, 0.25) is 0 Å². The summed E-state index contributed by atoms with van der Waals surface area (Å²) in [5.41, 5.74) is 4.54. The molecular weight excluding hydrogens is 366 g/mol. The van der Waals surface area contributed by atoms with Gasteiger partial charge in [-0.1, -0.05) is 30.3 Å². The van der Waals surface area contributed by atoms with Gasteiger partial charge in [0.15, 0.2) is 0 Å². The molecule has 0 N–H and O–H groups in total. The van der Waals surface area contributed by atoms with Crippen LogP contribution in [0, 0.1) is 6.92 Å². The van der Waals surface area contributed by atoms with Crippen LogP contribution in [0.1, 0.15) is 39.8 Å². The fraction of sp³-hybridized carbons (Fsp3) is 0.391. The summed E-state index contributed by atoms with van der Waals surface area (Å²) in [4.78, 5) is 19.2. The Hall–Kier alpha value is -2.86. The summed E-state index contributed by atoms with van der Waals surface area (Å²) < 4.78 is 14.0.